The molecule has 0 fully saturated rings. The Labute approximate surface area is 129 Å². The van der Waals surface area contributed by atoms with Crippen molar-refractivity contribution < 1.29 is 4.39 Å². The minimum atomic E-state index is -0.230. The van der Waals surface area contributed by atoms with Crippen LogP contribution in [0.4, 0.5) is 4.39 Å². The Morgan fingerprint density at radius 2 is 1.59 bits per heavy atom. The van der Waals surface area contributed by atoms with E-state index in [1.807, 2.05) is 36.4 Å². The summed E-state index contributed by atoms with van der Waals surface area (Å²) >= 11 is 0. The third-order valence-electron chi connectivity index (χ3n) is 3.54. The molecule has 0 bridgehead atoms. The molecule has 0 radical (unpaired) electrons. The number of hydrogen-bond donors (Lipinski definition) is 1. The predicted molar refractivity (Wildman–Crippen MR) is 85.8 cm³/mol. The van der Waals surface area contributed by atoms with Crippen LogP contribution in [0.1, 0.15) is 22.9 Å². The number of pyridine rings is 1. The molecule has 0 aliphatic heterocycles. The third kappa shape index (κ3) is 3.57. The van der Waals surface area contributed by atoms with E-state index in [4.69, 9.17) is 0 Å². The van der Waals surface area contributed by atoms with Crippen LogP contribution < -0.4 is 5.32 Å². The highest BCUT2D eigenvalue weighted by Crippen LogP contribution is 2.21. The van der Waals surface area contributed by atoms with Gasteiger partial charge in [0.2, 0.25) is 0 Å². The number of benzene rings is 2. The molecule has 0 saturated carbocycles. The van der Waals surface area contributed by atoms with E-state index in [9.17, 15) is 4.39 Å². The first-order chi connectivity index (χ1) is 10.8. The molecule has 3 aromatic rings. The molecule has 1 N–H and O–H groups in total. The first kappa shape index (κ1) is 14.4. The molecular weight excluding hydrogens is 275 g/mol. The van der Waals surface area contributed by atoms with Gasteiger partial charge in [-0.2, -0.15) is 0 Å². The van der Waals surface area contributed by atoms with Crippen LogP contribution in [-0.2, 0) is 6.54 Å². The molecule has 3 heteroatoms. The zero-order valence-corrected chi connectivity index (χ0v) is 12.1. The second-order valence-corrected chi connectivity index (χ2v) is 5.11. The number of nitrogens with one attached hydrogen (secondary N) is 1. The van der Waals surface area contributed by atoms with E-state index in [1.54, 1.807) is 18.3 Å². The van der Waals surface area contributed by atoms with Gasteiger partial charge in [0.15, 0.2) is 0 Å². The molecule has 1 heterocycles. The number of nitrogens with zero attached hydrogens (tertiary/aromatic N) is 1. The van der Waals surface area contributed by atoms with Gasteiger partial charge in [-0.25, -0.2) is 4.39 Å². The minimum Gasteiger partial charge on any atom is -0.301 e. The Morgan fingerprint density at radius 1 is 0.864 bits per heavy atom. The molecule has 2 aromatic carbocycles. The Morgan fingerprint density at radius 3 is 2.27 bits per heavy atom. The fourth-order valence-electron chi connectivity index (χ4n) is 2.41. The molecule has 0 amide bonds. The summed E-state index contributed by atoms with van der Waals surface area (Å²) in [5, 5.41) is 3.50. The van der Waals surface area contributed by atoms with Crippen LogP contribution in [-0.4, -0.2) is 4.98 Å². The summed E-state index contributed by atoms with van der Waals surface area (Å²) in [5.41, 5.74) is 3.12. The zero-order valence-electron chi connectivity index (χ0n) is 12.1. The highest BCUT2D eigenvalue weighted by atomic mass is 19.1. The normalized spacial score (nSPS) is 12.0. The highest BCUT2D eigenvalue weighted by Gasteiger charge is 2.14. The maximum Gasteiger partial charge on any atom is 0.123 e. The predicted octanol–water partition coefficient (Wildman–Crippen LogP) is 4.10. The van der Waals surface area contributed by atoms with Crippen LogP contribution in [0.3, 0.4) is 0 Å². The SMILES string of the molecule is Fc1ccc([C@H](NCc2ccccc2)c2ccccn2)cc1. The van der Waals surface area contributed by atoms with Gasteiger partial charge in [-0.05, 0) is 35.4 Å². The number of halogens is 1. The monoisotopic (exact) mass is 292 g/mol. The Bertz CT molecular complexity index is 697. The van der Waals surface area contributed by atoms with Crippen LogP contribution >= 0.6 is 0 Å². The smallest absolute Gasteiger partial charge is 0.123 e. The van der Waals surface area contributed by atoms with Crippen molar-refractivity contribution in [2.24, 2.45) is 0 Å². The van der Waals surface area contributed by atoms with Crippen molar-refractivity contribution in [1.82, 2.24) is 10.3 Å². The number of hydrogen-bond acceptors (Lipinski definition) is 2. The molecule has 22 heavy (non-hydrogen) atoms. The summed E-state index contributed by atoms with van der Waals surface area (Å²) in [6.07, 6.45) is 1.77. The van der Waals surface area contributed by atoms with Crippen molar-refractivity contribution >= 4 is 0 Å². The fourth-order valence-corrected chi connectivity index (χ4v) is 2.41. The van der Waals surface area contributed by atoms with Crippen LogP contribution in [0.25, 0.3) is 0 Å². The maximum atomic E-state index is 13.2. The maximum absolute atomic E-state index is 13.2. The van der Waals surface area contributed by atoms with Gasteiger partial charge in [0.05, 0.1) is 11.7 Å². The molecule has 2 nitrogen and oxygen atoms in total. The van der Waals surface area contributed by atoms with Crippen molar-refractivity contribution in [1.29, 1.82) is 0 Å². The molecule has 0 aliphatic rings. The first-order valence-electron chi connectivity index (χ1n) is 7.26. The van der Waals surface area contributed by atoms with Crippen LogP contribution in [0.5, 0.6) is 0 Å². The van der Waals surface area contributed by atoms with Gasteiger partial charge in [-0.1, -0.05) is 48.5 Å². The first-order valence-corrected chi connectivity index (χ1v) is 7.26. The average molecular weight is 292 g/mol. The average Bonchev–Trinajstić information content (AvgIpc) is 2.58. The van der Waals surface area contributed by atoms with Gasteiger partial charge in [-0.15, -0.1) is 0 Å². The molecule has 1 aromatic heterocycles. The van der Waals surface area contributed by atoms with Gasteiger partial charge < -0.3 is 5.32 Å². The van der Waals surface area contributed by atoms with E-state index in [-0.39, 0.29) is 11.9 Å². The molecule has 0 unspecified atom stereocenters. The molecular formula is C19H17FN2. The number of rotatable bonds is 5. The summed E-state index contributed by atoms with van der Waals surface area (Å²) in [6, 6.07) is 22.5. The van der Waals surface area contributed by atoms with E-state index in [2.05, 4.69) is 22.4 Å². The van der Waals surface area contributed by atoms with Crippen molar-refractivity contribution in [2.45, 2.75) is 12.6 Å². The van der Waals surface area contributed by atoms with Gasteiger partial charge in [-0.3, -0.25) is 4.98 Å². The second kappa shape index (κ2) is 6.96. The van der Waals surface area contributed by atoms with E-state index in [0.29, 0.717) is 0 Å². The Balaban J connectivity index is 1.85. The third-order valence-corrected chi connectivity index (χ3v) is 3.54. The molecule has 0 saturated heterocycles. The lowest BCUT2D eigenvalue weighted by molar-refractivity contribution is 0.586. The lowest BCUT2D eigenvalue weighted by atomic mass is 10.0. The van der Waals surface area contributed by atoms with Gasteiger partial charge in [0.25, 0.3) is 0 Å². The van der Waals surface area contributed by atoms with Crippen molar-refractivity contribution in [3.8, 4) is 0 Å². The lowest BCUT2D eigenvalue weighted by Crippen LogP contribution is -2.22. The summed E-state index contributed by atoms with van der Waals surface area (Å²) < 4.78 is 13.2. The zero-order chi connectivity index (χ0) is 15.2. The van der Waals surface area contributed by atoms with E-state index < -0.39 is 0 Å². The minimum absolute atomic E-state index is 0.0676. The Kier molecular flexibility index (Phi) is 4.56. The fraction of sp³-hybridized carbons (Fsp3) is 0.105. The molecule has 110 valence electrons. The van der Waals surface area contributed by atoms with Gasteiger partial charge >= 0.3 is 0 Å². The van der Waals surface area contributed by atoms with Crippen molar-refractivity contribution in [3.05, 3.63) is 102 Å². The molecule has 1 atom stereocenters. The van der Waals surface area contributed by atoms with Gasteiger partial charge in [0, 0.05) is 12.7 Å². The molecule has 3 rings (SSSR count). The second-order valence-electron chi connectivity index (χ2n) is 5.11. The van der Waals surface area contributed by atoms with E-state index in [0.717, 1.165) is 17.8 Å². The topological polar surface area (TPSA) is 24.9 Å². The molecule has 0 aliphatic carbocycles. The highest BCUT2D eigenvalue weighted by molar-refractivity contribution is 5.28. The molecule has 0 spiro atoms. The van der Waals surface area contributed by atoms with E-state index in [1.165, 1.54) is 17.7 Å². The van der Waals surface area contributed by atoms with Crippen molar-refractivity contribution in [3.63, 3.8) is 0 Å². The Hall–Kier alpha value is -2.52. The standard InChI is InChI=1S/C19H17FN2/c20-17-11-9-16(10-12-17)19(18-8-4-5-13-21-18)22-14-15-6-2-1-3-7-15/h1-13,19,22H,14H2/t19-/m0/s1. The summed E-state index contributed by atoms with van der Waals surface area (Å²) in [5.74, 6) is -0.230. The summed E-state index contributed by atoms with van der Waals surface area (Å²) in [6.45, 7) is 0.722. The summed E-state index contributed by atoms with van der Waals surface area (Å²) in [7, 11) is 0. The number of aromatic nitrogens is 1. The quantitative estimate of drug-likeness (QED) is 0.766. The van der Waals surface area contributed by atoms with E-state index >= 15 is 0 Å². The van der Waals surface area contributed by atoms with Crippen LogP contribution in [0.15, 0.2) is 79.0 Å². The van der Waals surface area contributed by atoms with Gasteiger partial charge in [0.1, 0.15) is 5.82 Å². The summed E-state index contributed by atoms with van der Waals surface area (Å²) in [4.78, 5) is 4.43. The lowest BCUT2D eigenvalue weighted by Gasteiger charge is -2.19. The van der Waals surface area contributed by atoms with Crippen LogP contribution in [0, 0.1) is 5.82 Å². The van der Waals surface area contributed by atoms with Crippen LogP contribution in [0.2, 0.25) is 0 Å². The van der Waals surface area contributed by atoms with Crippen molar-refractivity contribution in [2.75, 3.05) is 0 Å². The largest absolute Gasteiger partial charge is 0.301 e.